The van der Waals surface area contributed by atoms with Gasteiger partial charge in [0, 0.05) is 30.9 Å². The zero-order valence-corrected chi connectivity index (χ0v) is 17.7. The average molecular weight is 480 g/mol. The van der Waals surface area contributed by atoms with Gasteiger partial charge in [0.2, 0.25) is 5.91 Å². The molecule has 33 heavy (non-hydrogen) atoms. The summed E-state index contributed by atoms with van der Waals surface area (Å²) in [7, 11) is 0. The van der Waals surface area contributed by atoms with E-state index in [1.54, 1.807) is 4.90 Å². The number of piperidine rings is 1. The summed E-state index contributed by atoms with van der Waals surface area (Å²) in [5.74, 6) is -0.218. The lowest BCUT2D eigenvalue weighted by Gasteiger charge is -2.37. The van der Waals surface area contributed by atoms with Crippen LogP contribution in [0.3, 0.4) is 0 Å². The SMILES string of the molecule is N[C@@H]1CCCC[C@H]1C(=O)N1CCC(NC(=O)Nc2cc(C(F)(F)F)cc(C(F)(F)F)c2)CC1. The van der Waals surface area contributed by atoms with E-state index in [4.69, 9.17) is 5.73 Å². The Morgan fingerprint density at radius 1 is 0.879 bits per heavy atom. The Kier molecular flexibility index (Phi) is 7.45. The summed E-state index contributed by atoms with van der Waals surface area (Å²) in [5, 5.41) is 4.61. The molecule has 1 saturated heterocycles. The van der Waals surface area contributed by atoms with Crippen LogP contribution in [0, 0.1) is 5.92 Å². The van der Waals surface area contributed by atoms with Gasteiger partial charge in [-0.15, -0.1) is 0 Å². The molecule has 1 aliphatic heterocycles. The first-order valence-corrected chi connectivity index (χ1v) is 10.8. The van der Waals surface area contributed by atoms with Crippen molar-refractivity contribution >= 4 is 17.6 Å². The van der Waals surface area contributed by atoms with Gasteiger partial charge in [0.15, 0.2) is 0 Å². The molecule has 1 aliphatic carbocycles. The van der Waals surface area contributed by atoms with Gasteiger partial charge in [0.1, 0.15) is 0 Å². The van der Waals surface area contributed by atoms with E-state index in [1.807, 2.05) is 0 Å². The number of hydrogen-bond acceptors (Lipinski definition) is 3. The summed E-state index contributed by atoms with van der Waals surface area (Å²) in [5.41, 5.74) is 2.43. The number of alkyl halides is 6. The van der Waals surface area contributed by atoms with E-state index in [-0.39, 0.29) is 30.0 Å². The van der Waals surface area contributed by atoms with Gasteiger partial charge in [-0.1, -0.05) is 12.8 Å². The second-order valence-corrected chi connectivity index (χ2v) is 8.55. The summed E-state index contributed by atoms with van der Waals surface area (Å²) in [6.07, 6.45) is -5.67. The van der Waals surface area contributed by atoms with Crippen LogP contribution in [0.15, 0.2) is 18.2 Å². The van der Waals surface area contributed by atoms with Crippen molar-refractivity contribution in [3.8, 4) is 0 Å². The highest BCUT2D eigenvalue weighted by Gasteiger charge is 2.37. The second-order valence-electron chi connectivity index (χ2n) is 8.55. The lowest BCUT2D eigenvalue weighted by Crippen LogP contribution is -2.51. The Morgan fingerprint density at radius 3 is 1.94 bits per heavy atom. The van der Waals surface area contributed by atoms with Crippen molar-refractivity contribution in [3.05, 3.63) is 29.3 Å². The normalized spacial score (nSPS) is 22.7. The summed E-state index contributed by atoms with van der Waals surface area (Å²) in [6.45, 7) is 0.767. The minimum absolute atomic E-state index is 0.00579. The number of nitrogens with zero attached hydrogens (tertiary/aromatic N) is 1. The summed E-state index contributed by atoms with van der Waals surface area (Å²) in [4.78, 5) is 26.7. The molecule has 1 aromatic rings. The number of carbonyl (C=O) groups excluding carboxylic acids is 2. The van der Waals surface area contributed by atoms with E-state index in [0.29, 0.717) is 38.1 Å². The minimum atomic E-state index is -5.01. The Hall–Kier alpha value is -2.50. The Morgan fingerprint density at radius 2 is 1.42 bits per heavy atom. The lowest BCUT2D eigenvalue weighted by molar-refractivity contribution is -0.143. The van der Waals surface area contributed by atoms with Gasteiger partial charge < -0.3 is 21.3 Å². The third-order valence-electron chi connectivity index (χ3n) is 6.12. The third-order valence-corrected chi connectivity index (χ3v) is 6.12. The molecule has 1 aromatic carbocycles. The predicted octanol–water partition coefficient (Wildman–Crippen LogP) is 4.35. The van der Waals surface area contributed by atoms with E-state index in [9.17, 15) is 35.9 Å². The molecule has 184 valence electrons. The molecule has 3 amide bonds. The monoisotopic (exact) mass is 480 g/mol. The van der Waals surface area contributed by atoms with Crippen molar-refractivity contribution in [1.29, 1.82) is 0 Å². The standard InChI is InChI=1S/C21H26F6N4O2/c22-20(23,24)12-9-13(21(25,26)27)11-15(10-12)30-19(33)29-14-5-7-31(8-6-14)18(32)16-3-1-2-4-17(16)28/h9-11,14,16-17H,1-8,28H2,(H2,29,30,33)/t16-,17-/m1/s1. The predicted molar refractivity (Wildman–Crippen MR) is 108 cm³/mol. The topological polar surface area (TPSA) is 87.5 Å². The van der Waals surface area contributed by atoms with Gasteiger partial charge in [-0.05, 0) is 43.9 Å². The van der Waals surface area contributed by atoms with Gasteiger partial charge in [-0.25, -0.2) is 4.79 Å². The molecule has 2 atom stereocenters. The van der Waals surface area contributed by atoms with Crippen LogP contribution in [0.4, 0.5) is 36.8 Å². The molecule has 0 radical (unpaired) electrons. The number of nitrogens with one attached hydrogen (secondary N) is 2. The van der Waals surface area contributed by atoms with Crippen molar-refractivity contribution in [3.63, 3.8) is 0 Å². The number of nitrogens with two attached hydrogens (primary N) is 1. The zero-order valence-electron chi connectivity index (χ0n) is 17.7. The van der Waals surface area contributed by atoms with Crippen molar-refractivity contribution in [2.45, 2.75) is 63.0 Å². The molecule has 0 unspecified atom stereocenters. The van der Waals surface area contributed by atoms with Crippen LogP contribution in [0.25, 0.3) is 0 Å². The summed E-state index contributed by atoms with van der Waals surface area (Å²) >= 11 is 0. The number of benzene rings is 1. The third kappa shape index (κ3) is 6.52. The largest absolute Gasteiger partial charge is 0.416 e. The maximum Gasteiger partial charge on any atom is 0.416 e. The minimum Gasteiger partial charge on any atom is -0.342 e. The highest BCUT2D eigenvalue weighted by atomic mass is 19.4. The van der Waals surface area contributed by atoms with E-state index in [2.05, 4.69) is 10.6 Å². The van der Waals surface area contributed by atoms with Crippen LogP contribution in [-0.2, 0) is 17.1 Å². The number of amides is 3. The molecule has 2 aliphatic rings. The highest BCUT2D eigenvalue weighted by Crippen LogP contribution is 2.37. The number of carbonyl (C=O) groups is 2. The van der Waals surface area contributed by atoms with E-state index in [1.165, 1.54) is 0 Å². The first-order valence-electron chi connectivity index (χ1n) is 10.8. The van der Waals surface area contributed by atoms with Crippen molar-refractivity contribution in [2.24, 2.45) is 11.7 Å². The van der Waals surface area contributed by atoms with Gasteiger partial charge >= 0.3 is 18.4 Å². The molecule has 0 bridgehead atoms. The van der Waals surface area contributed by atoms with E-state index in [0.717, 1.165) is 25.7 Å². The van der Waals surface area contributed by atoms with Crippen molar-refractivity contribution in [1.82, 2.24) is 10.2 Å². The number of halogens is 6. The van der Waals surface area contributed by atoms with Gasteiger partial charge in [-0.3, -0.25) is 4.79 Å². The molecule has 1 heterocycles. The first kappa shape index (κ1) is 25.1. The number of urea groups is 1. The molecule has 4 N–H and O–H groups in total. The fraction of sp³-hybridized carbons (Fsp3) is 0.619. The molecule has 12 heteroatoms. The van der Waals surface area contributed by atoms with Crippen LogP contribution < -0.4 is 16.4 Å². The number of rotatable bonds is 3. The number of likely N-dealkylation sites (tertiary alicyclic amines) is 1. The Bertz CT molecular complexity index is 833. The summed E-state index contributed by atoms with van der Waals surface area (Å²) < 4.78 is 77.8. The Labute approximate surface area is 186 Å². The molecule has 3 rings (SSSR count). The second kappa shape index (κ2) is 9.78. The number of hydrogen-bond donors (Lipinski definition) is 3. The fourth-order valence-electron chi connectivity index (χ4n) is 4.32. The zero-order chi connectivity index (χ0) is 24.4. The lowest BCUT2D eigenvalue weighted by atomic mass is 9.83. The van der Waals surface area contributed by atoms with Crippen LogP contribution >= 0.6 is 0 Å². The van der Waals surface area contributed by atoms with Crippen molar-refractivity contribution < 1.29 is 35.9 Å². The van der Waals surface area contributed by atoms with Crippen LogP contribution in [0.5, 0.6) is 0 Å². The van der Waals surface area contributed by atoms with Gasteiger partial charge in [0.05, 0.1) is 17.0 Å². The maximum atomic E-state index is 13.0. The molecule has 1 saturated carbocycles. The smallest absolute Gasteiger partial charge is 0.342 e. The Balaban J connectivity index is 1.57. The van der Waals surface area contributed by atoms with E-state index < -0.39 is 35.2 Å². The first-order chi connectivity index (χ1) is 15.3. The molecular formula is C21H26F6N4O2. The van der Waals surface area contributed by atoms with E-state index >= 15 is 0 Å². The molecule has 6 nitrogen and oxygen atoms in total. The molecule has 0 aromatic heterocycles. The molecular weight excluding hydrogens is 454 g/mol. The van der Waals surface area contributed by atoms with Crippen LogP contribution in [0.1, 0.15) is 49.7 Å². The summed E-state index contributed by atoms with van der Waals surface area (Å²) in [6, 6.07) is -0.563. The van der Waals surface area contributed by atoms with Crippen molar-refractivity contribution in [2.75, 3.05) is 18.4 Å². The maximum absolute atomic E-state index is 13.0. The van der Waals surface area contributed by atoms with Gasteiger partial charge in [-0.2, -0.15) is 26.3 Å². The highest BCUT2D eigenvalue weighted by molar-refractivity contribution is 5.89. The number of anilines is 1. The molecule has 0 spiro atoms. The van der Waals surface area contributed by atoms with Gasteiger partial charge in [0.25, 0.3) is 0 Å². The van der Waals surface area contributed by atoms with Crippen LogP contribution in [0.2, 0.25) is 0 Å². The molecule has 2 fully saturated rings. The quantitative estimate of drug-likeness (QED) is 0.562. The fourth-order valence-corrected chi connectivity index (χ4v) is 4.32. The average Bonchev–Trinajstić information content (AvgIpc) is 2.72. The van der Waals surface area contributed by atoms with Crippen LogP contribution in [-0.4, -0.2) is 42.0 Å².